The highest BCUT2D eigenvalue weighted by atomic mass is 35.5. The van der Waals surface area contributed by atoms with Gasteiger partial charge in [0.15, 0.2) is 0 Å². The quantitative estimate of drug-likeness (QED) is 0.757. The highest BCUT2D eigenvalue weighted by molar-refractivity contribution is 6.17. The van der Waals surface area contributed by atoms with Crippen LogP contribution < -0.4 is 0 Å². The van der Waals surface area contributed by atoms with Crippen LogP contribution in [0.3, 0.4) is 0 Å². The summed E-state index contributed by atoms with van der Waals surface area (Å²) in [6, 6.07) is 5.09. The fourth-order valence-corrected chi connectivity index (χ4v) is 1.45. The number of phenols is 1. The number of hydrogen-bond donors (Lipinski definition) is 1. The van der Waals surface area contributed by atoms with E-state index in [1.54, 1.807) is 12.1 Å². The molecule has 0 heterocycles. The van der Waals surface area contributed by atoms with Crippen LogP contribution in [0.2, 0.25) is 0 Å². The van der Waals surface area contributed by atoms with Gasteiger partial charge < -0.3 is 5.11 Å². The zero-order chi connectivity index (χ0) is 9.84. The predicted molar refractivity (Wildman–Crippen MR) is 52.0 cm³/mol. The van der Waals surface area contributed by atoms with Crippen LogP contribution in [-0.2, 0) is 17.1 Å². The van der Waals surface area contributed by atoms with Crippen molar-refractivity contribution in [1.82, 2.24) is 0 Å². The average Bonchev–Trinajstić information content (AvgIpc) is 2.08. The molecule has 0 fully saturated rings. The molecule has 0 atom stereocenters. The van der Waals surface area contributed by atoms with Gasteiger partial charge in [-0.05, 0) is 18.6 Å². The van der Waals surface area contributed by atoms with Gasteiger partial charge in [0.1, 0.15) is 11.5 Å². The molecule has 3 heteroatoms. The fraction of sp³-hybridized carbons (Fsp3) is 0.300. The van der Waals surface area contributed by atoms with Crippen LogP contribution in [0.15, 0.2) is 18.2 Å². The van der Waals surface area contributed by atoms with E-state index in [-0.39, 0.29) is 18.0 Å². The predicted octanol–water partition coefficient (Wildman–Crippen LogP) is 2.26. The van der Waals surface area contributed by atoms with Crippen LogP contribution in [0.25, 0.3) is 0 Å². The number of ketones is 1. The van der Waals surface area contributed by atoms with E-state index in [0.29, 0.717) is 11.4 Å². The summed E-state index contributed by atoms with van der Waals surface area (Å²) in [5, 5.41) is 9.46. The van der Waals surface area contributed by atoms with E-state index < -0.39 is 0 Å². The first kappa shape index (κ1) is 10.1. The SMILES string of the molecule is CC(=O)Cc1c(O)cccc1CCl. The third-order valence-corrected chi connectivity index (χ3v) is 2.11. The Hall–Kier alpha value is -1.02. The number of hydrogen-bond acceptors (Lipinski definition) is 2. The first-order valence-electron chi connectivity index (χ1n) is 4.00. The Morgan fingerprint density at radius 2 is 2.23 bits per heavy atom. The number of aromatic hydroxyl groups is 1. The van der Waals surface area contributed by atoms with E-state index in [1.165, 1.54) is 6.92 Å². The van der Waals surface area contributed by atoms with Crippen molar-refractivity contribution in [1.29, 1.82) is 0 Å². The van der Waals surface area contributed by atoms with Crippen molar-refractivity contribution in [2.24, 2.45) is 0 Å². The first-order valence-corrected chi connectivity index (χ1v) is 4.53. The molecule has 0 saturated carbocycles. The molecule has 1 aromatic rings. The molecule has 1 rings (SSSR count). The van der Waals surface area contributed by atoms with Gasteiger partial charge in [-0.2, -0.15) is 0 Å². The first-order chi connectivity index (χ1) is 6.15. The summed E-state index contributed by atoms with van der Waals surface area (Å²) < 4.78 is 0. The van der Waals surface area contributed by atoms with Gasteiger partial charge in [-0.15, -0.1) is 11.6 Å². The average molecular weight is 199 g/mol. The third-order valence-electron chi connectivity index (χ3n) is 1.82. The molecule has 0 bridgehead atoms. The van der Waals surface area contributed by atoms with Gasteiger partial charge in [0.05, 0.1) is 0 Å². The van der Waals surface area contributed by atoms with Crippen LogP contribution in [0, 0.1) is 0 Å². The monoisotopic (exact) mass is 198 g/mol. The fourth-order valence-electron chi connectivity index (χ4n) is 1.20. The molecule has 0 amide bonds. The summed E-state index contributed by atoms with van der Waals surface area (Å²) in [6.07, 6.45) is 0.245. The number of benzene rings is 1. The van der Waals surface area contributed by atoms with Crippen molar-refractivity contribution in [2.45, 2.75) is 19.2 Å². The Labute approximate surface area is 82.2 Å². The smallest absolute Gasteiger partial charge is 0.134 e. The van der Waals surface area contributed by atoms with E-state index >= 15 is 0 Å². The number of carbonyl (C=O) groups excluding carboxylic acids is 1. The number of carbonyl (C=O) groups is 1. The summed E-state index contributed by atoms with van der Waals surface area (Å²) in [7, 11) is 0. The van der Waals surface area contributed by atoms with Crippen LogP contribution in [0.5, 0.6) is 5.75 Å². The maximum atomic E-state index is 10.9. The van der Waals surface area contributed by atoms with Gasteiger partial charge in [-0.1, -0.05) is 12.1 Å². The number of halogens is 1. The summed E-state index contributed by atoms with van der Waals surface area (Å²) in [5.74, 6) is 0.484. The van der Waals surface area contributed by atoms with E-state index in [1.807, 2.05) is 6.07 Å². The van der Waals surface area contributed by atoms with Gasteiger partial charge >= 0.3 is 0 Å². The maximum Gasteiger partial charge on any atom is 0.134 e. The lowest BCUT2D eigenvalue weighted by Gasteiger charge is -2.06. The Morgan fingerprint density at radius 1 is 1.54 bits per heavy atom. The van der Waals surface area contributed by atoms with Gasteiger partial charge in [-0.3, -0.25) is 4.79 Å². The highest BCUT2D eigenvalue weighted by Crippen LogP contribution is 2.23. The summed E-state index contributed by atoms with van der Waals surface area (Å²) in [5.41, 5.74) is 1.46. The maximum absolute atomic E-state index is 10.9. The molecule has 0 unspecified atom stereocenters. The van der Waals surface area contributed by atoms with Crippen LogP contribution >= 0.6 is 11.6 Å². The molecule has 70 valence electrons. The molecule has 13 heavy (non-hydrogen) atoms. The molecule has 0 aliphatic carbocycles. The minimum Gasteiger partial charge on any atom is -0.508 e. The van der Waals surface area contributed by atoms with Crippen LogP contribution in [0.4, 0.5) is 0 Å². The van der Waals surface area contributed by atoms with Crippen molar-refractivity contribution in [2.75, 3.05) is 0 Å². The van der Waals surface area contributed by atoms with Crippen molar-refractivity contribution in [3.05, 3.63) is 29.3 Å². The van der Waals surface area contributed by atoms with Gasteiger partial charge in [-0.25, -0.2) is 0 Å². The summed E-state index contributed by atoms with van der Waals surface area (Å²) in [6.45, 7) is 1.49. The minimum absolute atomic E-state index is 0.0212. The largest absolute Gasteiger partial charge is 0.508 e. The van der Waals surface area contributed by atoms with Crippen molar-refractivity contribution < 1.29 is 9.90 Å². The molecule has 0 aliphatic heterocycles. The molecular formula is C10H11ClO2. The van der Waals surface area contributed by atoms with Gasteiger partial charge in [0, 0.05) is 17.9 Å². The van der Waals surface area contributed by atoms with Crippen molar-refractivity contribution in [3.8, 4) is 5.75 Å². The topological polar surface area (TPSA) is 37.3 Å². The van der Waals surface area contributed by atoms with E-state index in [0.717, 1.165) is 5.56 Å². The molecule has 1 aromatic carbocycles. The second-order valence-electron chi connectivity index (χ2n) is 2.93. The zero-order valence-electron chi connectivity index (χ0n) is 7.38. The number of phenolic OH excluding ortho intramolecular Hbond substituents is 1. The summed E-state index contributed by atoms with van der Waals surface area (Å²) in [4.78, 5) is 10.9. The van der Waals surface area contributed by atoms with Crippen molar-refractivity contribution >= 4 is 17.4 Å². The minimum atomic E-state index is 0.0212. The highest BCUT2D eigenvalue weighted by Gasteiger charge is 2.08. The number of Topliss-reactive ketones (excluding diaryl/α,β-unsaturated/α-hetero) is 1. The van der Waals surface area contributed by atoms with Crippen molar-refractivity contribution in [3.63, 3.8) is 0 Å². The van der Waals surface area contributed by atoms with E-state index in [4.69, 9.17) is 11.6 Å². The summed E-state index contributed by atoms with van der Waals surface area (Å²) >= 11 is 5.67. The molecule has 0 saturated heterocycles. The molecular weight excluding hydrogens is 188 g/mol. The lowest BCUT2D eigenvalue weighted by Crippen LogP contribution is -2.00. The van der Waals surface area contributed by atoms with Gasteiger partial charge in [0.25, 0.3) is 0 Å². The van der Waals surface area contributed by atoms with Gasteiger partial charge in [0.2, 0.25) is 0 Å². The van der Waals surface area contributed by atoms with E-state index in [2.05, 4.69) is 0 Å². The zero-order valence-corrected chi connectivity index (χ0v) is 8.14. The van der Waals surface area contributed by atoms with Crippen LogP contribution in [0.1, 0.15) is 18.1 Å². The van der Waals surface area contributed by atoms with Crippen LogP contribution in [-0.4, -0.2) is 10.9 Å². The molecule has 0 aromatic heterocycles. The Bertz CT molecular complexity index is 321. The second-order valence-corrected chi connectivity index (χ2v) is 3.19. The normalized spacial score (nSPS) is 10.0. The van der Waals surface area contributed by atoms with E-state index in [9.17, 15) is 9.90 Å². The Kier molecular flexibility index (Phi) is 3.32. The lowest BCUT2D eigenvalue weighted by molar-refractivity contribution is -0.116. The second kappa shape index (κ2) is 4.28. The third kappa shape index (κ3) is 2.46. The molecule has 2 nitrogen and oxygen atoms in total. The number of alkyl halides is 1. The molecule has 0 aliphatic rings. The molecule has 0 spiro atoms. The lowest BCUT2D eigenvalue weighted by atomic mass is 10.0. The number of rotatable bonds is 3. The Balaban J connectivity index is 3.07. The molecule has 1 N–H and O–H groups in total. The Morgan fingerprint density at radius 3 is 2.77 bits per heavy atom. The standard InChI is InChI=1S/C10H11ClO2/c1-7(12)5-9-8(6-11)3-2-4-10(9)13/h2-4,13H,5-6H2,1H3. The molecule has 0 radical (unpaired) electrons.